The number of carbonyl (C=O) groups excluding carboxylic acids is 1. The number of methoxy groups -OCH3 is 1. The van der Waals surface area contributed by atoms with Gasteiger partial charge in [-0.05, 0) is 36.8 Å². The number of anilines is 1. The average molecular weight is 404 g/mol. The fraction of sp³-hybridized carbons (Fsp3) is 0.174. The molecule has 0 saturated heterocycles. The van der Waals surface area contributed by atoms with Crippen LogP contribution in [0.3, 0.4) is 0 Å². The minimum atomic E-state index is -0.00877. The summed E-state index contributed by atoms with van der Waals surface area (Å²) in [6.07, 6.45) is 2.05. The van der Waals surface area contributed by atoms with Crippen LogP contribution in [-0.4, -0.2) is 23.0 Å². The Bertz CT molecular complexity index is 1120. The Morgan fingerprint density at radius 3 is 2.66 bits per heavy atom. The van der Waals surface area contributed by atoms with E-state index in [1.807, 2.05) is 67.6 Å². The van der Waals surface area contributed by atoms with Crippen molar-refractivity contribution < 1.29 is 9.53 Å². The van der Waals surface area contributed by atoms with E-state index in [1.54, 1.807) is 18.2 Å². The van der Waals surface area contributed by atoms with Gasteiger partial charge < -0.3 is 4.74 Å². The van der Waals surface area contributed by atoms with Crippen molar-refractivity contribution in [3.05, 3.63) is 83.7 Å². The van der Waals surface area contributed by atoms with Gasteiger partial charge in [-0.15, -0.1) is 0 Å². The van der Waals surface area contributed by atoms with Crippen molar-refractivity contribution >= 4 is 32.6 Å². The molecule has 0 atom stereocenters. The molecule has 4 rings (SSSR count). The van der Waals surface area contributed by atoms with Gasteiger partial charge in [0.2, 0.25) is 5.91 Å². The highest BCUT2D eigenvalue weighted by molar-refractivity contribution is 7.22. The molecule has 5 nitrogen and oxygen atoms in total. The van der Waals surface area contributed by atoms with Gasteiger partial charge in [0.1, 0.15) is 5.75 Å². The van der Waals surface area contributed by atoms with Gasteiger partial charge in [-0.25, -0.2) is 4.98 Å². The van der Waals surface area contributed by atoms with Crippen molar-refractivity contribution in [1.29, 1.82) is 0 Å². The van der Waals surface area contributed by atoms with Gasteiger partial charge in [-0.1, -0.05) is 47.2 Å². The topological polar surface area (TPSA) is 55.3 Å². The first kappa shape index (κ1) is 19.1. The van der Waals surface area contributed by atoms with Crippen LogP contribution in [0.25, 0.3) is 10.2 Å². The number of pyridine rings is 1. The number of amides is 1. The zero-order valence-corrected chi connectivity index (χ0v) is 17.1. The van der Waals surface area contributed by atoms with E-state index in [1.165, 1.54) is 16.9 Å². The highest BCUT2D eigenvalue weighted by Crippen LogP contribution is 2.32. The second-order valence-electron chi connectivity index (χ2n) is 6.79. The standard InChI is InChI=1S/C23H21N3O2S/c1-16-6-8-17(9-7-16)13-22(27)26(15-18-5-3-4-12-24-18)23-25-20-14-19(28-2)10-11-21(20)29-23/h3-12,14H,13,15H2,1-2H3. The molecule has 2 aromatic heterocycles. The lowest BCUT2D eigenvalue weighted by Crippen LogP contribution is -2.32. The van der Waals surface area contributed by atoms with E-state index >= 15 is 0 Å². The van der Waals surface area contributed by atoms with E-state index in [4.69, 9.17) is 9.72 Å². The third-order valence-corrected chi connectivity index (χ3v) is 5.70. The number of ether oxygens (including phenoxy) is 1. The van der Waals surface area contributed by atoms with Gasteiger partial charge in [0.15, 0.2) is 5.13 Å². The molecule has 29 heavy (non-hydrogen) atoms. The lowest BCUT2D eigenvalue weighted by Gasteiger charge is -2.19. The van der Waals surface area contributed by atoms with Crippen molar-refractivity contribution in [2.75, 3.05) is 12.0 Å². The monoisotopic (exact) mass is 403 g/mol. The van der Waals surface area contributed by atoms with E-state index in [9.17, 15) is 4.79 Å². The second kappa shape index (κ2) is 8.41. The Balaban J connectivity index is 1.67. The van der Waals surface area contributed by atoms with Crippen molar-refractivity contribution in [2.24, 2.45) is 0 Å². The molecule has 0 unspecified atom stereocenters. The Labute approximate surface area is 173 Å². The van der Waals surface area contributed by atoms with Gasteiger partial charge in [0, 0.05) is 12.3 Å². The molecule has 2 heterocycles. The molecule has 1 amide bonds. The predicted molar refractivity (Wildman–Crippen MR) is 116 cm³/mol. The lowest BCUT2D eigenvalue weighted by molar-refractivity contribution is -0.118. The minimum Gasteiger partial charge on any atom is -0.497 e. The number of hydrogen-bond donors (Lipinski definition) is 0. The minimum absolute atomic E-state index is 0.00877. The van der Waals surface area contributed by atoms with Crippen LogP contribution in [0.15, 0.2) is 66.9 Å². The molecule has 0 saturated carbocycles. The fourth-order valence-electron chi connectivity index (χ4n) is 3.03. The Morgan fingerprint density at radius 2 is 1.93 bits per heavy atom. The smallest absolute Gasteiger partial charge is 0.233 e. The van der Waals surface area contributed by atoms with Gasteiger partial charge >= 0.3 is 0 Å². The molecule has 0 N–H and O–H groups in total. The largest absolute Gasteiger partial charge is 0.497 e. The van der Waals surface area contributed by atoms with Gasteiger partial charge in [0.05, 0.1) is 36.0 Å². The summed E-state index contributed by atoms with van der Waals surface area (Å²) >= 11 is 1.50. The van der Waals surface area contributed by atoms with Gasteiger partial charge in [0.25, 0.3) is 0 Å². The highest BCUT2D eigenvalue weighted by atomic mass is 32.1. The van der Waals surface area contributed by atoms with Crippen molar-refractivity contribution in [3.63, 3.8) is 0 Å². The van der Waals surface area contributed by atoms with Crippen LogP contribution in [0.4, 0.5) is 5.13 Å². The van der Waals surface area contributed by atoms with Gasteiger partial charge in [-0.2, -0.15) is 0 Å². The molecule has 6 heteroatoms. The normalized spacial score (nSPS) is 10.8. The first-order valence-corrected chi connectivity index (χ1v) is 10.1. The Kier molecular flexibility index (Phi) is 5.53. The summed E-state index contributed by atoms with van der Waals surface area (Å²) in [5.41, 5.74) is 3.79. The number of nitrogens with zero attached hydrogens (tertiary/aromatic N) is 3. The molecule has 0 radical (unpaired) electrons. The summed E-state index contributed by atoms with van der Waals surface area (Å²) in [5, 5.41) is 0.663. The molecular weight excluding hydrogens is 382 g/mol. The molecule has 0 aliphatic heterocycles. The van der Waals surface area contributed by atoms with Crippen LogP contribution in [0.2, 0.25) is 0 Å². The third kappa shape index (κ3) is 4.43. The molecule has 146 valence electrons. The van der Waals surface area contributed by atoms with Crippen LogP contribution < -0.4 is 9.64 Å². The summed E-state index contributed by atoms with van der Waals surface area (Å²) < 4.78 is 6.31. The number of carbonyl (C=O) groups is 1. The van der Waals surface area contributed by atoms with Crippen molar-refractivity contribution in [1.82, 2.24) is 9.97 Å². The Hall–Kier alpha value is -3.25. The fourth-order valence-corrected chi connectivity index (χ4v) is 3.99. The quantitative estimate of drug-likeness (QED) is 0.465. The molecule has 0 bridgehead atoms. The van der Waals surface area contributed by atoms with E-state index in [2.05, 4.69) is 4.98 Å². The molecule has 0 aliphatic rings. The number of hydrogen-bond acceptors (Lipinski definition) is 5. The lowest BCUT2D eigenvalue weighted by atomic mass is 10.1. The average Bonchev–Trinajstić information content (AvgIpc) is 3.17. The van der Waals surface area contributed by atoms with Crippen LogP contribution >= 0.6 is 11.3 Å². The third-order valence-electron chi connectivity index (χ3n) is 4.64. The maximum atomic E-state index is 13.2. The van der Waals surface area contributed by atoms with E-state index < -0.39 is 0 Å². The van der Waals surface area contributed by atoms with Crippen LogP contribution in [0.1, 0.15) is 16.8 Å². The first-order valence-electron chi connectivity index (χ1n) is 9.33. The number of aromatic nitrogens is 2. The summed E-state index contributed by atoms with van der Waals surface area (Å²) in [6.45, 7) is 2.41. The van der Waals surface area contributed by atoms with Crippen molar-refractivity contribution in [3.8, 4) is 5.75 Å². The number of fused-ring (bicyclic) bond motifs is 1. The molecular formula is C23H21N3O2S. The van der Waals surface area contributed by atoms with E-state index in [0.717, 1.165) is 27.2 Å². The molecule has 2 aromatic carbocycles. The van der Waals surface area contributed by atoms with Crippen LogP contribution in [-0.2, 0) is 17.8 Å². The highest BCUT2D eigenvalue weighted by Gasteiger charge is 2.21. The summed E-state index contributed by atoms with van der Waals surface area (Å²) in [4.78, 5) is 24.1. The number of thiazole rings is 1. The summed E-state index contributed by atoms with van der Waals surface area (Å²) in [7, 11) is 1.63. The summed E-state index contributed by atoms with van der Waals surface area (Å²) in [6, 6.07) is 19.5. The van der Waals surface area contributed by atoms with E-state index in [-0.39, 0.29) is 5.91 Å². The first-order chi connectivity index (χ1) is 14.1. The molecule has 0 fully saturated rings. The van der Waals surface area contributed by atoms with Crippen molar-refractivity contribution in [2.45, 2.75) is 19.9 Å². The molecule has 0 spiro atoms. The predicted octanol–water partition coefficient (Wildman–Crippen LogP) is 4.78. The number of benzene rings is 2. The maximum absolute atomic E-state index is 13.2. The van der Waals surface area contributed by atoms with Crippen LogP contribution in [0, 0.1) is 6.92 Å². The molecule has 0 aliphatic carbocycles. The SMILES string of the molecule is COc1ccc2sc(N(Cc3ccccn3)C(=O)Cc3ccc(C)cc3)nc2c1. The maximum Gasteiger partial charge on any atom is 0.233 e. The second-order valence-corrected chi connectivity index (χ2v) is 7.80. The molecule has 4 aromatic rings. The van der Waals surface area contributed by atoms with E-state index in [0.29, 0.717) is 18.1 Å². The zero-order valence-electron chi connectivity index (χ0n) is 16.3. The summed E-state index contributed by atoms with van der Waals surface area (Å²) in [5.74, 6) is 0.738. The number of aryl methyl sites for hydroxylation is 1. The number of rotatable bonds is 6. The van der Waals surface area contributed by atoms with Crippen LogP contribution in [0.5, 0.6) is 5.75 Å². The Morgan fingerprint density at radius 1 is 1.10 bits per heavy atom. The van der Waals surface area contributed by atoms with Gasteiger partial charge in [-0.3, -0.25) is 14.7 Å². The zero-order chi connectivity index (χ0) is 20.2.